The second-order valence-corrected chi connectivity index (χ2v) is 24.2. The lowest BCUT2D eigenvalue weighted by molar-refractivity contribution is -0.173. The molecular formula is C56H53F8N15O12S4. The Hall–Kier alpha value is -10.9. The Morgan fingerprint density at radius 2 is 0.905 bits per heavy atom. The number of nitrogens with one attached hydrogen (secondary N) is 12. The maximum absolute atomic E-state index is 12.8. The van der Waals surface area contributed by atoms with Gasteiger partial charge in [-0.25, -0.2) is 29.9 Å². The number of hydrogen-bond donors (Lipinski definition) is 12. The Labute approximate surface area is 539 Å². The maximum Gasteiger partial charge on any atom is 0.472 e. The number of carbonyl (C=O) groups excluding carboxylic acids is 5. The topological polar surface area (TPSA) is 376 Å². The van der Waals surface area contributed by atoms with E-state index >= 15 is 0 Å². The van der Waals surface area contributed by atoms with Crippen molar-refractivity contribution in [3.8, 4) is 11.4 Å². The summed E-state index contributed by atoms with van der Waals surface area (Å²) >= 11 is 4.98. The quantitative estimate of drug-likeness (QED) is 0.0153. The van der Waals surface area contributed by atoms with Crippen molar-refractivity contribution in [2.24, 2.45) is 0 Å². The Morgan fingerprint density at radius 1 is 0.516 bits per heavy atom. The molecule has 0 unspecified atom stereocenters. The van der Waals surface area contributed by atoms with Crippen LogP contribution in [0.1, 0.15) is 25.8 Å². The highest BCUT2D eigenvalue weighted by molar-refractivity contribution is 7.93. The van der Waals surface area contributed by atoms with Gasteiger partial charge in [0.1, 0.15) is 5.75 Å². The van der Waals surface area contributed by atoms with Crippen LogP contribution in [-0.2, 0) is 60.5 Å². The molecule has 1 heterocycles. The first-order valence-corrected chi connectivity index (χ1v) is 31.7. The number of alkyl halides is 8. The number of rotatable bonds is 24. The summed E-state index contributed by atoms with van der Waals surface area (Å²) in [6, 6.07) is 40.3. The number of hydrazine groups is 3. The molecule has 12 N–H and O–H groups in total. The van der Waals surface area contributed by atoms with Crippen molar-refractivity contribution >= 4 is 117 Å². The minimum atomic E-state index is -5.05. The third kappa shape index (κ3) is 23.0. The predicted octanol–water partition coefficient (Wildman–Crippen LogP) is 8.75. The molecule has 0 spiro atoms. The molecule has 0 aliphatic carbocycles. The Morgan fingerprint density at radius 3 is 1.28 bits per heavy atom. The molecular weight excluding hydrogens is 1350 g/mol. The molecule has 95 heavy (non-hydrogen) atoms. The van der Waals surface area contributed by atoms with Gasteiger partial charge >= 0.3 is 36.5 Å². The average molecular weight is 1410 g/mol. The van der Waals surface area contributed by atoms with Crippen molar-refractivity contribution in [3.63, 3.8) is 0 Å². The second-order valence-electron chi connectivity index (χ2n) is 18.8. The zero-order valence-electron chi connectivity index (χ0n) is 48.8. The molecule has 5 amide bonds. The molecule has 0 aliphatic rings. The number of carbonyl (C=O) groups is 5. The Kier molecular flexibility index (Phi) is 25.1. The third-order valence-corrected chi connectivity index (χ3v) is 16.2. The molecule has 8 aromatic rings. The van der Waals surface area contributed by atoms with Gasteiger partial charge in [0, 0.05) is 34.9 Å². The summed E-state index contributed by atoms with van der Waals surface area (Å²) < 4.78 is 187. The van der Waals surface area contributed by atoms with E-state index in [0.717, 1.165) is 12.0 Å². The van der Waals surface area contributed by atoms with E-state index in [-0.39, 0.29) is 78.2 Å². The van der Waals surface area contributed by atoms with Gasteiger partial charge in [-0.1, -0.05) is 54.5 Å². The normalized spacial score (nSPS) is 11.4. The fourth-order valence-electron chi connectivity index (χ4n) is 7.15. The number of benzene rings is 7. The molecule has 504 valence electrons. The van der Waals surface area contributed by atoms with Crippen LogP contribution in [0.4, 0.5) is 80.6 Å². The van der Waals surface area contributed by atoms with Gasteiger partial charge in [0.2, 0.25) is 10.7 Å². The van der Waals surface area contributed by atoms with E-state index in [1.54, 1.807) is 36.6 Å². The van der Waals surface area contributed by atoms with Gasteiger partial charge in [-0.15, -0.1) is 0 Å². The highest BCUT2D eigenvalue weighted by atomic mass is 32.2. The van der Waals surface area contributed by atoms with Crippen molar-refractivity contribution in [3.05, 3.63) is 180 Å². The number of amides is 5. The number of halogens is 8. The van der Waals surface area contributed by atoms with E-state index < -0.39 is 72.5 Å². The van der Waals surface area contributed by atoms with Gasteiger partial charge in [0.05, 0.1) is 37.4 Å². The van der Waals surface area contributed by atoms with Gasteiger partial charge in [-0.3, -0.25) is 70.7 Å². The van der Waals surface area contributed by atoms with Crippen molar-refractivity contribution < 1.29 is 89.1 Å². The highest BCUT2D eigenvalue weighted by Gasteiger charge is 2.39. The number of aryl methyl sites for hydroxylation is 1. The Bertz CT molecular complexity index is 4400. The third-order valence-electron chi connectivity index (χ3n) is 11.8. The molecule has 0 saturated carbocycles. The molecule has 8 rings (SSSR count). The second kappa shape index (κ2) is 32.6. The summed E-state index contributed by atoms with van der Waals surface area (Å²) in [5, 5.41) is 14.8. The lowest BCUT2D eigenvalue weighted by Crippen LogP contribution is -2.40. The van der Waals surface area contributed by atoms with Gasteiger partial charge in [-0.2, -0.15) is 40.3 Å². The average Bonchev–Trinajstić information content (AvgIpc) is 1.68. The van der Waals surface area contributed by atoms with E-state index in [2.05, 4.69) is 56.6 Å². The summed E-state index contributed by atoms with van der Waals surface area (Å²) in [5.74, 6) is -6.04. The molecule has 39 heteroatoms. The van der Waals surface area contributed by atoms with Crippen LogP contribution in [0.2, 0.25) is 0 Å². The molecule has 27 nitrogen and oxygen atoms in total. The monoisotopic (exact) mass is 1410 g/mol. The zero-order valence-corrected chi connectivity index (χ0v) is 52.0. The van der Waals surface area contributed by atoms with Gasteiger partial charge in [0.25, 0.3) is 36.0 Å². The largest absolute Gasteiger partial charge is 0.484 e. The summed E-state index contributed by atoms with van der Waals surface area (Å²) in [6.07, 6.45) is -12.1. The number of ether oxygens (including phenoxy) is 1. The van der Waals surface area contributed by atoms with Crippen LogP contribution in [0.25, 0.3) is 5.69 Å². The van der Waals surface area contributed by atoms with E-state index in [4.69, 9.17) is 17.0 Å². The van der Waals surface area contributed by atoms with Crippen molar-refractivity contribution in [1.29, 1.82) is 0 Å². The SMILES string of the molecule is CCC(=O)Nc1cccc(S(=O)(=O)Nc2ccc(NNC(=O)C(F)F)cc2)c1.CCc1ccc(OCC(=O)Nc2cccc(S(=O)(=O)Nc3ccc(NNC(=O)C(F)(F)F)cc3)c2)cc1.O=C(NNc1ccc(NS(=O)(=O)c2cccc(-n3[nH]nnc3=S)c2)cc1)C(F)(F)F. The smallest absolute Gasteiger partial charge is 0.472 e. The first-order chi connectivity index (χ1) is 44.7. The number of H-pyrrole nitrogens is 1. The fourth-order valence-corrected chi connectivity index (χ4v) is 10.6. The van der Waals surface area contributed by atoms with Gasteiger partial charge in [0.15, 0.2) is 6.61 Å². The highest BCUT2D eigenvalue weighted by Crippen LogP contribution is 2.25. The van der Waals surface area contributed by atoms with Crippen LogP contribution >= 0.6 is 12.2 Å². The Balaban J connectivity index is 0.000000228. The molecule has 0 bridgehead atoms. The molecule has 0 radical (unpaired) electrons. The van der Waals surface area contributed by atoms with E-state index in [0.29, 0.717) is 17.1 Å². The lowest BCUT2D eigenvalue weighted by atomic mass is 10.2. The molecule has 0 fully saturated rings. The van der Waals surface area contributed by atoms with Crippen LogP contribution in [0, 0.1) is 4.77 Å². The first kappa shape index (κ1) is 73.1. The molecule has 0 saturated heterocycles. The van der Waals surface area contributed by atoms with Gasteiger partial charge in [-0.05, 0) is 164 Å². The van der Waals surface area contributed by atoms with E-state index in [1.165, 1.54) is 149 Å². The zero-order chi connectivity index (χ0) is 69.7. The van der Waals surface area contributed by atoms with Crippen LogP contribution in [0.15, 0.2) is 185 Å². The number of aromatic amines is 1. The van der Waals surface area contributed by atoms with E-state index in [1.807, 2.05) is 19.1 Å². The summed E-state index contributed by atoms with van der Waals surface area (Å²) in [5.41, 5.74) is 14.3. The minimum Gasteiger partial charge on any atom is -0.484 e. The number of sulfonamides is 3. The number of aromatic nitrogens is 4. The number of nitrogens with zero attached hydrogens (tertiary/aromatic N) is 3. The van der Waals surface area contributed by atoms with Crippen LogP contribution in [0.5, 0.6) is 5.75 Å². The van der Waals surface area contributed by atoms with Crippen LogP contribution < -0.4 is 62.1 Å². The van der Waals surface area contributed by atoms with Crippen molar-refractivity contribution in [2.75, 3.05) is 47.7 Å². The summed E-state index contributed by atoms with van der Waals surface area (Å²) in [4.78, 5) is 55.9. The molecule has 0 aliphatic heterocycles. The van der Waals surface area contributed by atoms with Crippen LogP contribution in [0.3, 0.4) is 0 Å². The van der Waals surface area contributed by atoms with Crippen molar-refractivity contribution in [1.82, 2.24) is 36.5 Å². The molecule has 0 atom stereocenters. The van der Waals surface area contributed by atoms with Crippen LogP contribution in [-0.4, -0.2) is 100 Å². The number of hydrogen-bond acceptors (Lipinski definition) is 18. The maximum atomic E-state index is 12.8. The first-order valence-electron chi connectivity index (χ1n) is 26.8. The van der Waals surface area contributed by atoms with Crippen molar-refractivity contribution in [2.45, 2.75) is 60.2 Å². The standard InChI is InChI=1S/C24H23F3N4O5S.C17H18F2N4O4S.C15H12F3N7O3S2/c1-2-16-6-12-20(13-7-16)36-15-22(32)28-19-4-3-5-21(14-19)37(34,35)31-18-10-8-17(9-11-18)29-30-23(33)24(25,26)27;1-2-15(24)20-13-4-3-5-14(10-13)28(26,27)23-12-8-6-11(7-9-12)21-22-17(25)16(18)19;16-15(17,18)13(26)20-19-9-4-6-10(7-5-9)22-30(27,28)12-3-1-2-11(8-12)25-14(29)21-23-24-25/h3-14,29,31H,2,15H2,1H3,(H,28,32)(H,30,33);3-10,16,21,23H,2H2,1H3,(H,20,24)(H,22,25);1-8,19,22H,(H,20,26)(H,21,24,29). The van der Waals surface area contributed by atoms with E-state index in [9.17, 15) is 84.3 Å². The lowest BCUT2D eigenvalue weighted by Gasteiger charge is -2.12. The summed E-state index contributed by atoms with van der Waals surface area (Å²) in [6.45, 7) is 3.42. The minimum absolute atomic E-state index is 0.0483. The predicted molar refractivity (Wildman–Crippen MR) is 333 cm³/mol. The molecule has 1 aromatic heterocycles. The summed E-state index contributed by atoms with van der Waals surface area (Å²) in [7, 11) is -12.0. The van der Waals surface area contributed by atoms with Gasteiger partial charge < -0.3 is 15.4 Å². The fraction of sp³-hybridized carbons (Fsp3) is 0.143. The number of tetrazole rings is 1. The number of anilines is 8. The molecule has 7 aromatic carbocycles.